The van der Waals surface area contributed by atoms with E-state index < -0.39 is 12.0 Å². The number of nitrogens with zero attached hydrogens (tertiary/aromatic N) is 1. The molecule has 0 bridgehead atoms. The van der Waals surface area contributed by atoms with Gasteiger partial charge in [-0.1, -0.05) is 6.07 Å². The number of nitrogens with two attached hydrogens (primary N) is 1. The SMILES string of the molecule is Cn1ccc2cc(C(C)(N)C(F)F)ccc21. The van der Waals surface area contributed by atoms with Crippen LogP contribution in [0.5, 0.6) is 0 Å². The Hall–Kier alpha value is -1.42. The van der Waals surface area contributed by atoms with Crippen molar-refractivity contribution in [2.45, 2.75) is 18.9 Å². The summed E-state index contributed by atoms with van der Waals surface area (Å²) in [5, 5.41) is 0.928. The quantitative estimate of drug-likeness (QED) is 0.835. The first-order valence-corrected chi connectivity index (χ1v) is 5.05. The molecule has 0 saturated carbocycles. The number of hydrogen-bond donors (Lipinski definition) is 1. The normalized spacial score (nSPS) is 15.6. The highest BCUT2D eigenvalue weighted by Crippen LogP contribution is 2.28. The molecule has 4 heteroatoms. The number of aromatic nitrogens is 1. The molecule has 0 fully saturated rings. The van der Waals surface area contributed by atoms with E-state index in [2.05, 4.69) is 0 Å². The fourth-order valence-electron chi connectivity index (χ4n) is 1.74. The molecule has 0 amide bonds. The van der Waals surface area contributed by atoms with Crippen molar-refractivity contribution in [2.24, 2.45) is 12.8 Å². The highest BCUT2D eigenvalue weighted by atomic mass is 19.3. The molecule has 2 N–H and O–H groups in total. The van der Waals surface area contributed by atoms with Gasteiger partial charge in [0.1, 0.15) is 0 Å². The van der Waals surface area contributed by atoms with Gasteiger partial charge in [0.25, 0.3) is 6.43 Å². The van der Waals surface area contributed by atoms with Gasteiger partial charge >= 0.3 is 0 Å². The minimum Gasteiger partial charge on any atom is -0.351 e. The Bertz CT molecular complexity index is 515. The van der Waals surface area contributed by atoms with E-state index in [-0.39, 0.29) is 0 Å². The van der Waals surface area contributed by atoms with Crippen LogP contribution in [0, 0.1) is 0 Å². The summed E-state index contributed by atoms with van der Waals surface area (Å²) in [4.78, 5) is 0. The maximum absolute atomic E-state index is 12.8. The van der Waals surface area contributed by atoms with E-state index in [1.165, 1.54) is 6.92 Å². The molecule has 2 rings (SSSR count). The molecule has 0 radical (unpaired) electrons. The average Bonchev–Trinajstić information content (AvgIpc) is 2.60. The van der Waals surface area contributed by atoms with E-state index in [9.17, 15) is 8.78 Å². The predicted molar refractivity (Wildman–Crippen MR) is 60.5 cm³/mol. The van der Waals surface area contributed by atoms with E-state index in [0.717, 1.165) is 10.9 Å². The van der Waals surface area contributed by atoms with E-state index in [0.29, 0.717) is 5.56 Å². The molecule has 0 aliphatic rings. The first-order valence-electron chi connectivity index (χ1n) is 5.05. The summed E-state index contributed by atoms with van der Waals surface area (Å²) in [6.45, 7) is 1.35. The Morgan fingerprint density at radius 3 is 2.62 bits per heavy atom. The Labute approximate surface area is 92.7 Å². The number of benzene rings is 1. The monoisotopic (exact) mass is 224 g/mol. The summed E-state index contributed by atoms with van der Waals surface area (Å²) in [5.74, 6) is 0. The van der Waals surface area contributed by atoms with Crippen molar-refractivity contribution in [1.82, 2.24) is 4.57 Å². The third-order valence-electron chi connectivity index (χ3n) is 2.96. The van der Waals surface area contributed by atoms with Crippen molar-refractivity contribution in [3.63, 3.8) is 0 Å². The van der Waals surface area contributed by atoms with Crippen molar-refractivity contribution >= 4 is 10.9 Å². The zero-order chi connectivity index (χ0) is 11.9. The van der Waals surface area contributed by atoms with E-state index in [4.69, 9.17) is 5.73 Å². The van der Waals surface area contributed by atoms with Gasteiger partial charge in [-0.25, -0.2) is 8.78 Å². The molecule has 1 aromatic heterocycles. The van der Waals surface area contributed by atoms with Gasteiger partial charge in [-0.15, -0.1) is 0 Å². The fraction of sp³-hybridized carbons (Fsp3) is 0.333. The van der Waals surface area contributed by atoms with Gasteiger partial charge in [0.2, 0.25) is 0 Å². The van der Waals surface area contributed by atoms with Gasteiger partial charge in [-0.2, -0.15) is 0 Å². The van der Waals surface area contributed by atoms with Gasteiger partial charge in [-0.3, -0.25) is 0 Å². The average molecular weight is 224 g/mol. The molecule has 0 aliphatic heterocycles. The Kier molecular flexibility index (Phi) is 2.46. The summed E-state index contributed by atoms with van der Waals surface area (Å²) in [6, 6.07) is 7.09. The fourth-order valence-corrected chi connectivity index (χ4v) is 1.74. The maximum atomic E-state index is 12.8. The lowest BCUT2D eigenvalue weighted by atomic mass is 9.93. The van der Waals surface area contributed by atoms with Crippen molar-refractivity contribution in [3.8, 4) is 0 Å². The van der Waals surface area contributed by atoms with Crippen LogP contribution >= 0.6 is 0 Å². The minimum absolute atomic E-state index is 0.459. The summed E-state index contributed by atoms with van der Waals surface area (Å²) in [5.41, 5.74) is 5.50. The molecule has 0 aliphatic carbocycles. The van der Waals surface area contributed by atoms with Crippen LogP contribution in [0.15, 0.2) is 30.5 Å². The molecule has 2 nitrogen and oxygen atoms in total. The zero-order valence-corrected chi connectivity index (χ0v) is 9.24. The summed E-state index contributed by atoms with van der Waals surface area (Å²) >= 11 is 0. The highest BCUT2D eigenvalue weighted by molar-refractivity contribution is 5.81. The van der Waals surface area contributed by atoms with Crippen LogP contribution in [-0.4, -0.2) is 11.0 Å². The van der Waals surface area contributed by atoms with Crippen LogP contribution in [0.25, 0.3) is 10.9 Å². The standard InChI is InChI=1S/C12H14F2N2/c1-12(15,11(13)14)9-3-4-10-8(7-9)5-6-16(10)2/h3-7,11H,15H2,1-2H3. The van der Waals surface area contributed by atoms with Crippen molar-refractivity contribution in [3.05, 3.63) is 36.0 Å². The van der Waals surface area contributed by atoms with Crippen LogP contribution < -0.4 is 5.73 Å². The number of alkyl halides is 2. The summed E-state index contributed by atoms with van der Waals surface area (Å²) in [7, 11) is 1.91. The first kappa shape index (κ1) is 11.1. The van der Waals surface area contributed by atoms with Crippen molar-refractivity contribution in [2.75, 3.05) is 0 Å². The van der Waals surface area contributed by atoms with Crippen molar-refractivity contribution in [1.29, 1.82) is 0 Å². The number of halogens is 2. The molecular weight excluding hydrogens is 210 g/mol. The first-order chi connectivity index (χ1) is 7.43. The van der Waals surface area contributed by atoms with Crippen LogP contribution in [0.2, 0.25) is 0 Å². The maximum Gasteiger partial charge on any atom is 0.260 e. The molecule has 0 saturated heterocycles. The predicted octanol–water partition coefficient (Wildman–Crippen LogP) is 2.62. The molecule has 86 valence electrons. The number of fused-ring (bicyclic) bond motifs is 1. The smallest absolute Gasteiger partial charge is 0.260 e. The molecule has 0 spiro atoms. The van der Waals surface area contributed by atoms with Crippen LogP contribution in [-0.2, 0) is 12.6 Å². The minimum atomic E-state index is -2.58. The third kappa shape index (κ3) is 1.59. The lowest BCUT2D eigenvalue weighted by Gasteiger charge is -2.24. The van der Waals surface area contributed by atoms with Gasteiger partial charge in [-0.05, 0) is 36.1 Å². The van der Waals surface area contributed by atoms with Gasteiger partial charge in [0.05, 0.1) is 5.54 Å². The number of aryl methyl sites for hydroxylation is 1. The molecule has 16 heavy (non-hydrogen) atoms. The molecule has 1 atom stereocenters. The summed E-state index contributed by atoms with van der Waals surface area (Å²) < 4.78 is 27.5. The molecule has 1 heterocycles. The lowest BCUT2D eigenvalue weighted by Crippen LogP contribution is -2.40. The van der Waals surface area contributed by atoms with Gasteiger partial charge in [0.15, 0.2) is 0 Å². The third-order valence-corrected chi connectivity index (χ3v) is 2.96. The number of hydrogen-bond acceptors (Lipinski definition) is 1. The van der Waals surface area contributed by atoms with Crippen LogP contribution in [0.1, 0.15) is 12.5 Å². The second-order valence-corrected chi connectivity index (χ2v) is 4.28. The molecule has 1 unspecified atom stereocenters. The second kappa shape index (κ2) is 3.56. The highest BCUT2D eigenvalue weighted by Gasteiger charge is 2.32. The van der Waals surface area contributed by atoms with E-state index >= 15 is 0 Å². The van der Waals surface area contributed by atoms with Crippen molar-refractivity contribution < 1.29 is 8.78 Å². The largest absolute Gasteiger partial charge is 0.351 e. The van der Waals surface area contributed by atoms with E-state index in [1.54, 1.807) is 12.1 Å². The molecule has 2 aromatic rings. The Balaban J connectivity index is 2.55. The van der Waals surface area contributed by atoms with Gasteiger partial charge < -0.3 is 10.3 Å². The summed E-state index contributed by atoms with van der Waals surface area (Å²) in [6.07, 6.45) is -0.682. The van der Waals surface area contributed by atoms with Crippen LogP contribution in [0.4, 0.5) is 8.78 Å². The van der Waals surface area contributed by atoms with E-state index in [1.807, 2.05) is 29.9 Å². The Morgan fingerprint density at radius 2 is 2.00 bits per heavy atom. The lowest BCUT2D eigenvalue weighted by molar-refractivity contribution is 0.0626. The molecular formula is C12H14F2N2. The van der Waals surface area contributed by atoms with Gasteiger partial charge in [0, 0.05) is 18.8 Å². The second-order valence-electron chi connectivity index (χ2n) is 4.28. The number of rotatable bonds is 2. The topological polar surface area (TPSA) is 30.9 Å². The molecule has 1 aromatic carbocycles. The zero-order valence-electron chi connectivity index (χ0n) is 9.24. The Morgan fingerprint density at radius 1 is 1.31 bits per heavy atom. The van der Waals surface area contributed by atoms with Crippen LogP contribution in [0.3, 0.4) is 0 Å².